The molecule has 0 N–H and O–H groups in total. The Morgan fingerprint density at radius 1 is 1.07 bits per heavy atom. The average molecular weight is 385 g/mol. The van der Waals surface area contributed by atoms with Crippen molar-refractivity contribution in [3.63, 3.8) is 0 Å². The van der Waals surface area contributed by atoms with Crippen molar-refractivity contribution < 1.29 is 13.2 Å². The number of benzene rings is 2. The lowest BCUT2D eigenvalue weighted by Crippen LogP contribution is -2.45. The van der Waals surface area contributed by atoms with Gasteiger partial charge in [0.05, 0.1) is 18.1 Å². The van der Waals surface area contributed by atoms with Gasteiger partial charge in [0.2, 0.25) is 5.91 Å². The Labute approximate surface area is 160 Å². The van der Waals surface area contributed by atoms with E-state index in [1.807, 2.05) is 42.5 Å². The third-order valence-electron chi connectivity index (χ3n) is 5.47. The van der Waals surface area contributed by atoms with Gasteiger partial charge in [0.25, 0.3) is 0 Å². The Hall–Kier alpha value is -2.34. The minimum atomic E-state index is -3.05. The zero-order valence-corrected chi connectivity index (χ0v) is 16.1. The van der Waals surface area contributed by atoms with Crippen LogP contribution < -0.4 is 4.90 Å². The number of rotatable bonds is 5. The van der Waals surface area contributed by atoms with Gasteiger partial charge in [-0.15, -0.1) is 0 Å². The topological polar surface area (TPSA) is 57.7 Å². The number of para-hydroxylation sites is 1. The summed E-state index contributed by atoms with van der Waals surface area (Å²) in [6.45, 7) is 1.57. The van der Waals surface area contributed by atoms with Gasteiger partial charge in [0, 0.05) is 24.8 Å². The van der Waals surface area contributed by atoms with E-state index >= 15 is 0 Å². The number of carbonyl (C=O) groups is 1. The van der Waals surface area contributed by atoms with Crippen LogP contribution in [0.3, 0.4) is 0 Å². The number of hydrogen-bond acceptors (Lipinski definition) is 4. The molecule has 2 heterocycles. The summed E-state index contributed by atoms with van der Waals surface area (Å²) in [7, 11) is -3.05. The first-order chi connectivity index (χ1) is 13.0. The Kier molecular flexibility index (Phi) is 4.91. The lowest BCUT2D eigenvalue weighted by molar-refractivity contribution is -0.132. The minimum absolute atomic E-state index is 0.00217. The number of fused-ring (bicyclic) bond motifs is 1. The lowest BCUT2D eigenvalue weighted by atomic mass is 10.1. The highest BCUT2D eigenvalue weighted by molar-refractivity contribution is 7.91. The van der Waals surface area contributed by atoms with Crippen molar-refractivity contribution >= 4 is 21.4 Å². The van der Waals surface area contributed by atoms with E-state index in [0.717, 1.165) is 24.2 Å². The molecule has 27 heavy (non-hydrogen) atoms. The van der Waals surface area contributed by atoms with Crippen LogP contribution in [0.4, 0.5) is 5.69 Å². The number of nitrogens with zero attached hydrogens (tertiary/aromatic N) is 2. The summed E-state index contributed by atoms with van der Waals surface area (Å²) in [5.74, 6) is 0.239. The van der Waals surface area contributed by atoms with Gasteiger partial charge in [0.15, 0.2) is 9.84 Å². The zero-order chi connectivity index (χ0) is 18.9. The Balaban J connectivity index is 1.54. The fourth-order valence-corrected chi connectivity index (χ4v) is 5.78. The smallest absolute Gasteiger partial charge is 0.242 e. The summed E-state index contributed by atoms with van der Waals surface area (Å²) in [6.07, 6.45) is 1.47. The number of hydrogen-bond donors (Lipinski definition) is 0. The molecule has 2 aliphatic rings. The molecule has 0 aromatic heterocycles. The fraction of sp³-hybridized carbons (Fsp3) is 0.381. The van der Waals surface area contributed by atoms with E-state index in [1.165, 1.54) is 5.56 Å². The average Bonchev–Trinajstić information content (AvgIpc) is 3.23. The molecule has 5 nitrogen and oxygen atoms in total. The highest BCUT2D eigenvalue weighted by Crippen LogP contribution is 2.28. The maximum absolute atomic E-state index is 13.2. The Morgan fingerprint density at radius 3 is 2.56 bits per heavy atom. The number of anilines is 1. The summed E-state index contributed by atoms with van der Waals surface area (Å²) in [4.78, 5) is 17.1. The zero-order valence-electron chi connectivity index (χ0n) is 15.3. The first kappa shape index (κ1) is 18.0. The Bertz CT molecular complexity index is 927. The van der Waals surface area contributed by atoms with Gasteiger partial charge in [-0.2, -0.15) is 0 Å². The van der Waals surface area contributed by atoms with Gasteiger partial charge in [-0.25, -0.2) is 8.42 Å². The third-order valence-corrected chi connectivity index (χ3v) is 7.23. The largest absolute Gasteiger partial charge is 0.362 e. The molecule has 0 radical (unpaired) electrons. The van der Waals surface area contributed by atoms with Crippen LogP contribution in [0.5, 0.6) is 0 Å². The van der Waals surface area contributed by atoms with Crippen molar-refractivity contribution in [2.45, 2.75) is 25.4 Å². The lowest BCUT2D eigenvalue weighted by Gasteiger charge is -2.31. The quantitative estimate of drug-likeness (QED) is 0.794. The van der Waals surface area contributed by atoms with Gasteiger partial charge >= 0.3 is 0 Å². The maximum atomic E-state index is 13.2. The van der Waals surface area contributed by atoms with Crippen molar-refractivity contribution in [3.05, 3.63) is 65.7 Å². The van der Waals surface area contributed by atoms with Crippen molar-refractivity contribution in [2.24, 2.45) is 0 Å². The van der Waals surface area contributed by atoms with E-state index in [4.69, 9.17) is 0 Å². The SMILES string of the molecule is O=C(CN1CCc2ccccc21)N(Cc1ccccc1)[C@H]1CCS(=O)(=O)C1. The molecule has 1 fully saturated rings. The second kappa shape index (κ2) is 7.35. The van der Waals surface area contributed by atoms with Gasteiger partial charge in [0.1, 0.15) is 0 Å². The molecule has 2 aromatic carbocycles. The highest BCUT2D eigenvalue weighted by atomic mass is 32.2. The van der Waals surface area contributed by atoms with Crippen LogP contribution in [-0.4, -0.2) is 49.9 Å². The van der Waals surface area contributed by atoms with E-state index in [-0.39, 0.29) is 23.5 Å². The van der Waals surface area contributed by atoms with Gasteiger partial charge in [-0.05, 0) is 30.0 Å². The van der Waals surface area contributed by atoms with Crippen LogP contribution in [-0.2, 0) is 27.6 Å². The normalized spacial score (nSPS) is 20.4. The maximum Gasteiger partial charge on any atom is 0.242 e. The van der Waals surface area contributed by atoms with Crippen molar-refractivity contribution in [2.75, 3.05) is 29.5 Å². The van der Waals surface area contributed by atoms with Crippen LogP contribution in [0, 0.1) is 0 Å². The molecular weight excluding hydrogens is 360 g/mol. The van der Waals surface area contributed by atoms with Crippen molar-refractivity contribution in [1.82, 2.24) is 4.90 Å². The van der Waals surface area contributed by atoms with E-state index in [1.54, 1.807) is 4.90 Å². The van der Waals surface area contributed by atoms with E-state index in [9.17, 15) is 13.2 Å². The van der Waals surface area contributed by atoms with Crippen LogP contribution in [0.1, 0.15) is 17.5 Å². The first-order valence-electron chi connectivity index (χ1n) is 9.38. The predicted octanol–water partition coefficient (Wildman–Crippen LogP) is 2.27. The number of carbonyl (C=O) groups excluding carboxylic acids is 1. The summed E-state index contributed by atoms with van der Waals surface area (Å²) >= 11 is 0. The third kappa shape index (κ3) is 4.00. The molecule has 6 heteroatoms. The molecule has 1 atom stereocenters. The minimum Gasteiger partial charge on any atom is -0.362 e. The van der Waals surface area contributed by atoms with E-state index in [2.05, 4.69) is 17.0 Å². The summed E-state index contributed by atoms with van der Waals surface area (Å²) in [6, 6.07) is 17.7. The summed E-state index contributed by atoms with van der Waals surface area (Å²) < 4.78 is 24.0. The molecule has 0 bridgehead atoms. The number of sulfone groups is 1. The molecule has 142 valence electrons. The number of amides is 1. The van der Waals surface area contributed by atoms with Crippen molar-refractivity contribution in [1.29, 1.82) is 0 Å². The summed E-state index contributed by atoms with van der Waals surface area (Å²) in [5, 5.41) is 0. The highest BCUT2D eigenvalue weighted by Gasteiger charge is 2.35. The van der Waals surface area contributed by atoms with Gasteiger partial charge in [-0.3, -0.25) is 4.79 Å². The molecule has 2 aromatic rings. The molecule has 0 aliphatic carbocycles. The van der Waals surface area contributed by atoms with Gasteiger partial charge in [-0.1, -0.05) is 48.5 Å². The molecule has 2 aliphatic heterocycles. The molecule has 0 spiro atoms. The monoisotopic (exact) mass is 384 g/mol. The second-order valence-electron chi connectivity index (χ2n) is 7.36. The van der Waals surface area contributed by atoms with Crippen LogP contribution in [0.15, 0.2) is 54.6 Å². The standard InChI is InChI=1S/C21H24N2O3S/c24-21(15-22-12-10-18-8-4-5-9-20(18)22)23(14-17-6-2-1-3-7-17)19-11-13-27(25,26)16-19/h1-9,19H,10-16H2/t19-/m0/s1. The van der Waals surface area contributed by atoms with Crippen LogP contribution in [0.2, 0.25) is 0 Å². The Morgan fingerprint density at radius 2 is 1.81 bits per heavy atom. The molecule has 0 unspecified atom stereocenters. The summed E-state index contributed by atoms with van der Waals surface area (Å²) in [5.41, 5.74) is 3.41. The van der Waals surface area contributed by atoms with Crippen LogP contribution >= 0.6 is 0 Å². The van der Waals surface area contributed by atoms with E-state index < -0.39 is 9.84 Å². The second-order valence-corrected chi connectivity index (χ2v) is 9.59. The molecule has 0 saturated carbocycles. The van der Waals surface area contributed by atoms with E-state index in [0.29, 0.717) is 19.5 Å². The van der Waals surface area contributed by atoms with Gasteiger partial charge < -0.3 is 9.80 Å². The fourth-order valence-electron chi connectivity index (χ4n) is 4.05. The predicted molar refractivity (Wildman–Crippen MR) is 106 cm³/mol. The molecule has 4 rings (SSSR count). The first-order valence-corrected chi connectivity index (χ1v) is 11.2. The molecule has 1 saturated heterocycles. The van der Waals surface area contributed by atoms with Crippen molar-refractivity contribution in [3.8, 4) is 0 Å². The molecule has 1 amide bonds. The molecular formula is C21H24N2O3S. The van der Waals surface area contributed by atoms with Crippen LogP contribution in [0.25, 0.3) is 0 Å².